The maximum Gasteiger partial charge on any atom is 0.610 e. The molecule has 5 unspecified atom stereocenters. The first-order valence-corrected chi connectivity index (χ1v) is 23.7. The Hall–Kier alpha value is -6.89. The molecule has 1 aliphatic heterocycles. The van der Waals surface area contributed by atoms with E-state index in [1.165, 1.54) is 20.0 Å². The maximum atomic E-state index is 16.6. The minimum Gasteiger partial charge on any atom is -0.443 e. The van der Waals surface area contributed by atoms with E-state index in [9.17, 15) is 29.1 Å². The molecule has 4 amide bonds. The van der Waals surface area contributed by atoms with Crippen molar-refractivity contribution >= 4 is 46.5 Å². The second kappa shape index (κ2) is 22.5. The lowest BCUT2D eigenvalue weighted by Gasteiger charge is -2.35. The Kier molecular flexibility index (Phi) is 16.9. The number of nitrogens with zero attached hydrogens (tertiary/aromatic N) is 3. The Bertz CT molecular complexity index is 2690. The molecule has 1 aromatic heterocycles. The molecule has 18 heteroatoms. The number of carbonyl (C=O) groups is 6. The number of aliphatic hydroxyl groups excluding tert-OH is 1. The van der Waals surface area contributed by atoms with Crippen LogP contribution in [-0.2, 0) is 54.7 Å². The first-order valence-electron chi connectivity index (χ1n) is 23.7. The second-order valence-corrected chi connectivity index (χ2v) is 19.8. The van der Waals surface area contributed by atoms with Crippen LogP contribution in [0.4, 0.5) is 18.4 Å². The van der Waals surface area contributed by atoms with Crippen molar-refractivity contribution in [2.75, 3.05) is 0 Å². The standard InChI is InChI=1S/C53H63F2N7O9/c1-32(2)25-40(46(64)53(54,55)45(56)44(63)43(33(3)4)49(67)57-28-34-17-10-8-11-18-34)59-47(65)41(27-38-29-61(31-58-38)50(68)70-52(5,6)7)60-48(66)42(26-37-23-16-22-36-21-14-15-24-39(36)37)62(51(69)71-62)30-35-19-12-9-13-20-35/h8-24,29,31-33,40-43,45-46,64H,25-28,30,56H2,1-7H3,(H2-,57,59,60,65,66,67)/p+1/t40?,41-,42-,43?,45?,46?,62?/m0/s1. The van der Waals surface area contributed by atoms with Gasteiger partial charge in [0.05, 0.1) is 11.7 Å². The quantitative estimate of drug-likeness (QED) is 0.0284. The van der Waals surface area contributed by atoms with E-state index in [1.807, 2.05) is 42.5 Å². The molecule has 71 heavy (non-hydrogen) atoms. The summed E-state index contributed by atoms with van der Waals surface area (Å²) in [5.41, 5.74) is 7.31. The first-order chi connectivity index (χ1) is 33.5. The molecule has 6 rings (SSSR count). The number of rotatable bonds is 22. The van der Waals surface area contributed by atoms with E-state index in [-0.39, 0.29) is 31.6 Å². The number of ketones is 1. The molecule has 4 aromatic carbocycles. The highest BCUT2D eigenvalue weighted by Gasteiger charge is 2.69. The lowest BCUT2D eigenvalue weighted by Crippen LogP contribution is -2.64. The van der Waals surface area contributed by atoms with Gasteiger partial charge in [-0.25, -0.2) is 23.1 Å². The molecule has 1 fully saturated rings. The number of quaternary nitrogens is 1. The summed E-state index contributed by atoms with van der Waals surface area (Å²) in [6.45, 7) is 11.3. The van der Waals surface area contributed by atoms with Crippen molar-refractivity contribution < 1.29 is 56.9 Å². The lowest BCUT2D eigenvalue weighted by atomic mass is 9.82. The number of benzene rings is 4. The minimum atomic E-state index is -4.41. The molecule has 0 aliphatic carbocycles. The van der Waals surface area contributed by atoms with Crippen LogP contribution in [0.1, 0.15) is 77.3 Å². The number of aromatic nitrogens is 2. The molecule has 16 nitrogen and oxygen atoms in total. The third-order valence-corrected chi connectivity index (χ3v) is 12.3. The molecule has 378 valence electrons. The SMILES string of the molecule is CC(C)CC(NC(=O)[C@H](Cc1cn(C(=O)OC(C)(C)C)cn1)NC(=O)[C@H](Cc1cccc2ccccc12)[N+]1(Cc2ccccc2)OC1=O)C(O)C(F)(F)C(N)C(=O)C(C(=O)NCc1ccccc1)C(C)C. The van der Waals surface area contributed by atoms with Crippen LogP contribution in [0.15, 0.2) is 116 Å². The van der Waals surface area contributed by atoms with E-state index in [4.69, 9.17) is 15.3 Å². The number of nitrogens with two attached hydrogens (primary N) is 1. The molecule has 1 aliphatic rings. The maximum absolute atomic E-state index is 16.6. The molecule has 0 bridgehead atoms. The molecule has 1 saturated heterocycles. The second-order valence-electron chi connectivity index (χ2n) is 19.8. The number of fused-ring (bicyclic) bond motifs is 1. The van der Waals surface area contributed by atoms with E-state index in [2.05, 4.69) is 20.9 Å². The van der Waals surface area contributed by atoms with Crippen molar-refractivity contribution in [3.05, 3.63) is 138 Å². The van der Waals surface area contributed by atoms with Crippen LogP contribution in [0.2, 0.25) is 0 Å². The summed E-state index contributed by atoms with van der Waals surface area (Å²) in [4.78, 5) is 93.4. The number of Topliss-reactive ketones (excluding diaryl/α,β-unsaturated/α-hetero) is 1. The summed E-state index contributed by atoms with van der Waals surface area (Å²) < 4.78 is 39.0. The van der Waals surface area contributed by atoms with Crippen LogP contribution in [-0.4, -0.2) is 96.8 Å². The normalized spacial score (nSPS) is 17.3. The van der Waals surface area contributed by atoms with E-state index in [1.54, 1.807) is 95.3 Å². The Labute approximate surface area is 411 Å². The summed E-state index contributed by atoms with van der Waals surface area (Å²) in [7, 11) is 0. The van der Waals surface area contributed by atoms with Crippen LogP contribution in [0.3, 0.4) is 0 Å². The summed E-state index contributed by atoms with van der Waals surface area (Å²) in [6.07, 6.45) is -2.56. The van der Waals surface area contributed by atoms with Crippen molar-refractivity contribution in [3.8, 4) is 0 Å². The Morgan fingerprint density at radius 1 is 0.817 bits per heavy atom. The molecular weight excluding hydrogens is 917 g/mol. The van der Waals surface area contributed by atoms with Crippen LogP contribution >= 0.6 is 0 Å². The number of ether oxygens (including phenoxy) is 1. The summed E-state index contributed by atoms with van der Waals surface area (Å²) in [5.74, 6) is -11.2. The number of hydrogen-bond acceptors (Lipinski definition) is 11. The zero-order valence-electron chi connectivity index (χ0n) is 41.0. The van der Waals surface area contributed by atoms with Gasteiger partial charge < -0.3 is 31.5 Å². The summed E-state index contributed by atoms with van der Waals surface area (Å²) >= 11 is 0. The zero-order valence-corrected chi connectivity index (χ0v) is 41.0. The first kappa shape index (κ1) is 53.5. The van der Waals surface area contributed by atoms with Gasteiger partial charge >= 0.3 is 12.2 Å². The largest absolute Gasteiger partial charge is 0.610 e. The van der Waals surface area contributed by atoms with E-state index in [0.717, 1.165) is 21.7 Å². The number of imidazole rings is 1. The Balaban J connectivity index is 1.32. The van der Waals surface area contributed by atoms with Crippen LogP contribution in [0.5, 0.6) is 0 Å². The van der Waals surface area contributed by atoms with Crippen LogP contribution in [0, 0.1) is 17.8 Å². The summed E-state index contributed by atoms with van der Waals surface area (Å²) in [6, 6.07) is 23.3. The van der Waals surface area contributed by atoms with Crippen molar-refractivity contribution in [2.24, 2.45) is 23.5 Å². The topological polar surface area (TPSA) is 224 Å². The van der Waals surface area contributed by atoms with E-state index >= 15 is 13.6 Å². The molecular formula is C53H64F2N7O9+. The van der Waals surface area contributed by atoms with Gasteiger partial charge in [0.2, 0.25) is 17.9 Å². The fourth-order valence-corrected chi connectivity index (χ4v) is 8.60. The van der Waals surface area contributed by atoms with Gasteiger partial charge in [0.25, 0.3) is 11.8 Å². The van der Waals surface area contributed by atoms with Gasteiger partial charge in [0.1, 0.15) is 36.0 Å². The van der Waals surface area contributed by atoms with Gasteiger partial charge in [-0.05, 0) is 65.6 Å². The number of alkyl halides is 2. The minimum absolute atomic E-state index is 0.0200. The number of nitrogens with one attached hydrogen (secondary N) is 3. The number of hydrogen-bond donors (Lipinski definition) is 5. The van der Waals surface area contributed by atoms with Crippen molar-refractivity contribution in [1.29, 1.82) is 0 Å². The highest BCUT2D eigenvalue weighted by molar-refractivity contribution is 6.04. The molecule has 5 aromatic rings. The fourth-order valence-electron chi connectivity index (χ4n) is 8.60. The third kappa shape index (κ3) is 13.3. The average Bonchev–Trinajstić information content (AvgIpc) is 3.70. The molecule has 0 spiro atoms. The molecule has 0 radical (unpaired) electrons. The number of amides is 4. The van der Waals surface area contributed by atoms with Crippen molar-refractivity contribution in [1.82, 2.24) is 25.5 Å². The van der Waals surface area contributed by atoms with Gasteiger partial charge in [0, 0.05) is 31.1 Å². The Morgan fingerprint density at radius 2 is 1.42 bits per heavy atom. The zero-order chi connectivity index (χ0) is 51.8. The number of aliphatic hydroxyl groups is 1. The highest BCUT2D eigenvalue weighted by Crippen LogP contribution is 2.38. The van der Waals surface area contributed by atoms with Crippen LogP contribution < -0.4 is 21.7 Å². The van der Waals surface area contributed by atoms with Gasteiger partial charge in [-0.3, -0.25) is 19.2 Å². The predicted octanol–water partition coefficient (Wildman–Crippen LogP) is 6.55. The van der Waals surface area contributed by atoms with Crippen LogP contribution in [0.25, 0.3) is 10.8 Å². The average molecular weight is 981 g/mol. The van der Waals surface area contributed by atoms with E-state index in [0.29, 0.717) is 16.7 Å². The number of halogens is 2. The molecule has 7 atom stereocenters. The Morgan fingerprint density at radius 3 is 2.03 bits per heavy atom. The van der Waals surface area contributed by atoms with Gasteiger partial charge in [0.15, 0.2) is 12.3 Å². The van der Waals surface area contributed by atoms with Crippen molar-refractivity contribution in [2.45, 2.75) is 123 Å². The summed E-state index contributed by atoms with van der Waals surface area (Å²) in [5, 5.41) is 21.1. The van der Waals surface area contributed by atoms with Gasteiger partial charge in [-0.2, -0.15) is 9.63 Å². The third-order valence-electron chi connectivity index (χ3n) is 12.3. The van der Waals surface area contributed by atoms with Crippen molar-refractivity contribution in [3.63, 3.8) is 0 Å². The van der Waals surface area contributed by atoms with Gasteiger partial charge in [-0.15, -0.1) is 0 Å². The van der Waals surface area contributed by atoms with E-state index < -0.39 is 106 Å². The monoisotopic (exact) mass is 980 g/mol. The van der Waals surface area contributed by atoms with Gasteiger partial charge in [-0.1, -0.05) is 131 Å². The fraction of sp³-hybridized carbons (Fsp3) is 0.415. The molecule has 6 N–H and O–H groups in total. The highest BCUT2D eigenvalue weighted by atomic mass is 19.3. The molecule has 0 saturated carbocycles. The lowest BCUT2D eigenvalue weighted by molar-refractivity contribution is -0.921. The predicted molar refractivity (Wildman–Crippen MR) is 260 cm³/mol. The molecule has 2 heterocycles. The number of hydroxylamine groups is 3. The smallest absolute Gasteiger partial charge is 0.443 e. The number of carbonyl (C=O) groups excluding carboxylic acids is 6.